The summed E-state index contributed by atoms with van der Waals surface area (Å²) in [6, 6.07) is 0. The van der Waals surface area contributed by atoms with E-state index in [1.165, 1.54) is 19.5 Å². The van der Waals surface area contributed by atoms with E-state index in [0.717, 1.165) is 6.08 Å². The summed E-state index contributed by atoms with van der Waals surface area (Å²) in [5.74, 6) is 0. The Kier molecular flexibility index (Phi) is 8.17. The van der Waals surface area contributed by atoms with Gasteiger partial charge in [-0.2, -0.15) is 0 Å². The lowest BCUT2D eigenvalue weighted by Crippen LogP contribution is -2.29. The van der Waals surface area contributed by atoms with Crippen LogP contribution < -0.4 is 10.8 Å². The molecule has 1 aliphatic rings. The summed E-state index contributed by atoms with van der Waals surface area (Å²) < 4.78 is 10.8. The summed E-state index contributed by atoms with van der Waals surface area (Å²) in [5.41, 5.74) is 1.74. The van der Waals surface area contributed by atoms with Gasteiger partial charge in [-0.3, -0.25) is 0 Å². The van der Waals surface area contributed by atoms with Crippen LogP contribution in [-0.2, 0) is 0 Å². The third-order valence-electron chi connectivity index (χ3n) is 1.01. The first-order chi connectivity index (χ1) is 4.91. The van der Waals surface area contributed by atoms with E-state index in [1.54, 1.807) is 5.48 Å². The van der Waals surface area contributed by atoms with Gasteiger partial charge in [0.1, 0.15) is 0 Å². The number of rotatable bonds is 2. The zero-order chi connectivity index (χ0) is 7.66. The summed E-state index contributed by atoms with van der Waals surface area (Å²) in [7, 11) is 0. The normalized spacial score (nSPS) is 15.8. The Balaban J connectivity index is 0.000000172. The summed E-state index contributed by atoms with van der Waals surface area (Å²) in [5, 5.41) is 10.8. The zero-order valence-corrected chi connectivity index (χ0v) is 5.81. The van der Waals surface area contributed by atoms with E-state index in [2.05, 4.69) is 5.32 Å². The summed E-state index contributed by atoms with van der Waals surface area (Å²) in [6.45, 7) is 2.66. The second-order valence-corrected chi connectivity index (χ2v) is 1.83. The number of nitrogens with one attached hydrogen (secondary N) is 2. The SMILES string of the molecule is C1CNC1.ONCC=CF. The van der Waals surface area contributed by atoms with E-state index in [4.69, 9.17) is 5.21 Å². The average molecular weight is 148 g/mol. The molecule has 1 aliphatic heterocycles. The Labute approximate surface area is 59.9 Å². The van der Waals surface area contributed by atoms with Gasteiger partial charge in [-0.25, -0.2) is 9.87 Å². The highest BCUT2D eigenvalue weighted by atomic mass is 19.1. The van der Waals surface area contributed by atoms with Gasteiger partial charge in [0.25, 0.3) is 0 Å². The van der Waals surface area contributed by atoms with Crippen molar-refractivity contribution in [1.82, 2.24) is 10.8 Å². The average Bonchev–Trinajstić information content (AvgIpc) is 1.79. The van der Waals surface area contributed by atoms with Crippen molar-refractivity contribution < 1.29 is 9.60 Å². The fourth-order valence-corrected chi connectivity index (χ4v) is 0.274. The van der Waals surface area contributed by atoms with Crippen LogP contribution in [-0.4, -0.2) is 24.8 Å². The highest BCUT2D eigenvalue weighted by Gasteiger charge is 1.92. The van der Waals surface area contributed by atoms with Gasteiger partial charge in [-0.05, 0) is 25.6 Å². The maximum Gasteiger partial charge on any atom is 0.0840 e. The first-order valence-electron chi connectivity index (χ1n) is 3.24. The topological polar surface area (TPSA) is 44.3 Å². The van der Waals surface area contributed by atoms with E-state index in [-0.39, 0.29) is 6.54 Å². The number of hydroxylamine groups is 1. The van der Waals surface area contributed by atoms with Crippen LogP contribution in [0, 0.1) is 0 Å². The number of hydrogen-bond donors (Lipinski definition) is 3. The number of hydrogen-bond acceptors (Lipinski definition) is 3. The van der Waals surface area contributed by atoms with Crippen molar-refractivity contribution in [1.29, 1.82) is 0 Å². The molecule has 1 fully saturated rings. The van der Waals surface area contributed by atoms with Crippen LogP contribution in [0.4, 0.5) is 4.39 Å². The lowest BCUT2D eigenvalue weighted by Gasteiger charge is -2.09. The lowest BCUT2D eigenvalue weighted by atomic mass is 10.3. The van der Waals surface area contributed by atoms with Crippen LogP contribution in [0.5, 0.6) is 0 Å². The maximum atomic E-state index is 10.8. The third-order valence-corrected chi connectivity index (χ3v) is 1.01. The van der Waals surface area contributed by atoms with Gasteiger partial charge >= 0.3 is 0 Å². The summed E-state index contributed by atoms with van der Waals surface area (Å²) in [6.07, 6.45) is 2.91. The molecular weight excluding hydrogens is 135 g/mol. The summed E-state index contributed by atoms with van der Waals surface area (Å²) in [4.78, 5) is 0. The molecule has 0 atom stereocenters. The highest BCUT2D eigenvalue weighted by molar-refractivity contribution is 4.71. The van der Waals surface area contributed by atoms with Crippen molar-refractivity contribution in [3.63, 3.8) is 0 Å². The smallest absolute Gasteiger partial charge is 0.0840 e. The van der Waals surface area contributed by atoms with Gasteiger partial charge in [0.05, 0.1) is 6.33 Å². The molecule has 0 radical (unpaired) electrons. The van der Waals surface area contributed by atoms with Crippen molar-refractivity contribution in [3.8, 4) is 0 Å². The minimum Gasteiger partial charge on any atom is -0.317 e. The molecule has 4 heteroatoms. The van der Waals surface area contributed by atoms with Gasteiger partial charge in [0.2, 0.25) is 0 Å². The van der Waals surface area contributed by atoms with Crippen LogP contribution in [0.3, 0.4) is 0 Å². The molecule has 1 heterocycles. The van der Waals surface area contributed by atoms with E-state index in [9.17, 15) is 4.39 Å². The molecule has 3 N–H and O–H groups in total. The van der Waals surface area contributed by atoms with Crippen LogP contribution in [0.1, 0.15) is 6.42 Å². The van der Waals surface area contributed by atoms with Crippen LogP contribution in [0.25, 0.3) is 0 Å². The molecule has 0 aromatic carbocycles. The van der Waals surface area contributed by atoms with Crippen molar-refractivity contribution in [2.24, 2.45) is 0 Å². The van der Waals surface area contributed by atoms with E-state index in [0.29, 0.717) is 6.33 Å². The van der Waals surface area contributed by atoms with Crippen LogP contribution in [0.15, 0.2) is 12.4 Å². The molecule has 0 aliphatic carbocycles. The first-order valence-corrected chi connectivity index (χ1v) is 3.24. The molecule has 0 spiro atoms. The minimum absolute atomic E-state index is 0.163. The quantitative estimate of drug-likeness (QED) is 0.497. The standard InChI is InChI=1S/C3H6FNO.C3H7N/c4-2-1-3-5-6;1-2-4-3-1/h1-2,5-6H,3H2;4H,1-3H2. The molecular formula is C6H13FN2O. The monoisotopic (exact) mass is 148 g/mol. The molecule has 1 rings (SSSR count). The largest absolute Gasteiger partial charge is 0.317 e. The van der Waals surface area contributed by atoms with E-state index >= 15 is 0 Å². The molecule has 0 aromatic rings. The van der Waals surface area contributed by atoms with Gasteiger partial charge in [-0.15, -0.1) is 0 Å². The van der Waals surface area contributed by atoms with Crippen LogP contribution in [0.2, 0.25) is 0 Å². The third kappa shape index (κ3) is 7.55. The van der Waals surface area contributed by atoms with Crippen molar-refractivity contribution in [2.45, 2.75) is 6.42 Å². The van der Waals surface area contributed by atoms with Crippen LogP contribution >= 0.6 is 0 Å². The lowest BCUT2D eigenvalue weighted by molar-refractivity contribution is 0.179. The summed E-state index contributed by atoms with van der Waals surface area (Å²) >= 11 is 0. The fourth-order valence-electron chi connectivity index (χ4n) is 0.274. The maximum absolute atomic E-state index is 10.8. The molecule has 0 saturated carbocycles. The Morgan fingerprint density at radius 2 is 2.10 bits per heavy atom. The molecule has 0 unspecified atom stereocenters. The predicted octanol–water partition coefficient (Wildman–Crippen LogP) is 0.428. The highest BCUT2D eigenvalue weighted by Crippen LogP contribution is 1.80. The molecule has 1 saturated heterocycles. The molecule has 10 heavy (non-hydrogen) atoms. The first kappa shape index (κ1) is 9.55. The van der Waals surface area contributed by atoms with Gasteiger partial charge in [-0.1, -0.05) is 0 Å². The minimum atomic E-state index is 0.163. The van der Waals surface area contributed by atoms with Gasteiger partial charge in [0, 0.05) is 6.54 Å². The Bertz CT molecular complexity index is 79.8. The Morgan fingerprint density at radius 1 is 1.60 bits per heavy atom. The van der Waals surface area contributed by atoms with Crippen molar-refractivity contribution in [3.05, 3.63) is 12.4 Å². The Hall–Kier alpha value is -0.450. The van der Waals surface area contributed by atoms with Crippen molar-refractivity contribution in [2.75, 3.05) is 19.6 Å². The molecule has 3 nitrogen and oxygen atoms in total. The predicted molar refractivity (Wildman–Crippen MR) is 37.5 cm³/mol. The fraction of sp³-hybridized carbons (Fsp3) is 0.667. The van der Waals surface area contributed by atoms with Gasteiger partial charge < -0.3 is 10.5 Å². The second kappa shape index (κ2) is 8.55. The zero-order valence-electron chi connectivity index (χ0n) is 5.81. The Morgan fingerprint density at radius 3 is 2.20 bits per heavy atom. The molecule has 0 aromatic heterocycles. The number of halogens is 1. The second-order valence-electron chi connectivity index (χ2n) is 1.83. The molecule has 0 amide bonds. The van der Waals surface area contributed by atoms with E-state index < -0.39 is 0 Å². The van der Waals surface area contributed by atoms with Gasteiger partial charge in [0.15, 0.2) is 0 Å². The van der Waals surface area contributed by atoms with Crippen molar-refractivity contribution >= 4 is 0 Å². The van der Waals surface area contributed by atoms with E-state index in [1.807, 2.05) is 0 Å². The molecule has 0 bridgehead atoms. The molecule has 60 valence electrons.